The first-order valence-electron chi connectivity index (χ1n) is 5.25. The van der Waals surface area contributed by atoms with Crippen molar-refractivity contribution in [3.8, 4) is 0 Å². The van der Waals surface area contributed by atoms with Crippen molar-refractivity contribution in [2.24, 2.45) is 5.73 Å². The second kappa shape index (κ2) is 4.44. The van der Waals surface area contributed by atoms with Crippen LogP contribution in [-0.4, -0.2) is 35.5 Å². The maximum Gasteiger partial charge on any atom is 0.416 e. The van der Waals surface area contributed by atoms with E-state index < -0.39 is 6.09 Å². The summed E-state index contributed by atoms with van der Waals surface area (Å²) in [6.45, 7) is 2.76. The van der Waals surface area contributed by atoms with E-state index in [1.807, 2.05) is 13.0 Å². The first-order chi connectivity index (χ1) is 7.74. The van der Waals surface area contributed by atoms with Crippen LogP contribution in [0.4, 0.5) is 10.6 Å². The van der Waals surface area contributed by atoms with Gasteiger partial charge in [0.2, 0.25) is 0 Å². The molecule has 1 aliphatic rings. The summed E-state index contributed by atoms with van der Waals surface area (Å²) in [6.07, 6.45) is 0.164. The van der Waals surface area contributed by atoms with Crippen molar-refractivity contribution >= 4 is 11.9 Å². The molecule has 1 amide bonds. The van der Waals surface area contributed by atoms with Gasteiger partial charge in [0, 0.05) is 6.54 Å². The van der Waals surface area contributed by atoms with Crippen molar-refractivity contribution in [3.05, 3.63) is 17.8 Å². The SMILES string of the molecule is CCc1ccc(N2C[C@H](CN)OC2=O)nn1. The normalized spacial score (nSPS) is 20.0. The molecule has 0 unspecified atom stereocenters. The molecule has 2 heterocycles. The van der Waals surface area contributed by atoms with Crippen LogP contribution in [0.15, 0.2) is 12.1 Å². The van der Waals surface area contributed by atoms with Crippen molar-refractivity contribution in [2.75, 3.05) is 18.0 Å². The van der Waals surface area contributed by atoms with Gasteiger partial charge in [0.1, 0.15) is 6.10 Å². The minimum Gasteiger partial charge on any atom is -0.443 e. The molecule has 0 saturated carbocycles. The second-order valence-electron chi connectivity index (χ2n) is 3.59. The average Bonchev–Trinajstić information content (AvgIpc) is 2.71. The van der Waals surface area contributed by atoms with E-state index in [0.29, 0.717) is 18.9 Å². The van der Waals surface area contributed by atoms with Gasteiger partial charge in [-0.05, 0) is 18.6 Å². The van der Waals surface area contributed by atoms with Crippen LogP contribution >= 0.6 is 0 Å². The zero-order valence-electron chi connectivity index (χ0n) is 9.09. The summed E-state index contributed by atoms with van der Waals surface area (Å²) < 4.78 is 5.03. The lowest BCUT2D eigenvalue weighted by Gasteiger charge is -2.10. The number of nitrogens with two attached hydrogens (primary N) is 1. The van der Waals surface area contributed by atoms with Crippen molar-refractivity contribution in [1.82, 2.24) is 10.2 Å². The van der Waals surface area contributed by atoms with E-state index in [9.17, 15) is 4.79 Å². The summed E-state index contributed by atoms with van der Waals surface area (Å²) in [4.78, 5) is 12.9. The molecule has 0 spiro atoms. The zero-order valence-corrected chi connectivity index (χ0v) is 9.09. The summed E-state index contributed by atoms with van der Waals surface area (Å²) in [5, 5.41) is 7.98. The molecule has 1 aliphatic heterocycles. The number of rotatable bonds is 3. The number of ether oxygens (including phenoxy) is 1. The van der Waals surface area contributed by atoms with Crippen LogP contribution < -0.4 is 10.6 Å². The van der Waals surface area contributed by atoms with E-state index in [-0.39, 0.29) is 6.10 Å². The van der Waals surface area contributed by atoms with E-state index in [1.165, 1.54) is 4.90 Å². The molecule has 2 N–H and O–H groups in total. The molecule has 1 fully saturated rings. The molecule has 0 radical (unpaired) electrons. The van der Waals surface area contributed by atoms with Gasteiger partial charge in [-0.2, -0.15) is 5.10 Å². The maximum atomic E-state index is 11.5. The van der Waals surface area contributed by atoms with E-state index in [2.05, 4.69) is 10.2 Å². The Balaban J connectivity index is 2.15. The fourth-order valence-electron chi connectivity index (χ4n) is 1.52. The monoisotopic (exact) mass is 222 g/mol. The smallest absolute Gasteiger partial charge is 0.416 e. The predicted octanol–water partition coefficient (Wildman–Crippen LogP) is 0.323. The zero-order chi connectivity index (χ0) is 11.5. The number of carbonyl (C=O) groups excluding carboxylic acids is 1. The fraction of sp³-hybridized carbons (Fsp3) is 0.500. The third kappa shape index (κ3) is 1.96. The van der Waals surface area contributed by atoms with Gasteiger partial charge in [0.25, 0.3) is 0 Å². The van der Waals surface area contributed by atoms with Crippen LogP contribution in [0.5, 0.6) is 0 Å². The Morgan fingerprint density at radius 3 is 2.88 bits per heavy atom. The number of hydrogen-bond donors (Lipinski definition) is 1. The molecule has 6 nitrogen and oxygen atoms in total. The Kier molecular flexibility index (Phi) is 3.00. The molecule has 2 rings (SSSR count). The van der Waals surface area contributed by atoms with Crippen molar-refractivity contribution in [3.63, 3.8) is 0 Å². The summed E-state index contributed by atoms with van der Waals surface area (Å²) in [7, 11) is 0. The van der Waals surface area contributed by atoms with Gasteiger partial charge in [0.05, 0.1) is 12.2 Å². The molecule has 1 aromatic rings. The predicted molar refractivity (Wildman–Crippen MR) is 58.1 cm³/mol. The molecule has 0 aliphatic carbocycles. The van der Waals surface area contributed by atoms with Gasteiger partial charge < -0.3 is 10.5 Å². The average molecular weight is 222 g/mol. The van der Waals surface area contributed by atoms with Crippen LogP contribution in [0.3, 0.4) is 0 Å². The van der Waals surface area contributed by atoms with Crippen LogP contribution in [0.1, 0.15) is 12.6 Å². The van der Waals surface area contributed by atoms with Crippen molar-refractivity contribution in [1.29, 1.82) is 0 Å². The number of aromatic nitrogens is 2. The topological polar surface area (TPSA) is 81.3 Å². The largest absolute Gasteiger partial charge is 0.443 e. The standard InChI is InChI=1S/C10H14N4O2/c1-2-7-3-4-9(13-12-7)14-6-8(5-11)16-10(14)15/h3-4,8H,2,5-6,11H2,1H3/t8-/m0/s1. The number of amides is 1. The minimum atomic E-state index is -0.408. The second-order valence-corrected chi connectivity index (χ2v) is 3.59. The summed E-state index contributed by atoms with van der Waals surface area (Å²) in [5.74, 6) is 0.512. The fourth-order valence-corrected chi connectivity index (χ4v) is 1.52. The highest BCUT2D eigenvalue weighted by atomic mass is 16.6. The van der Waals surface area contributed by atoms with E-state index >= 15 is 0 Å². The van der Waals surface area contributed by atoms with Crippen LogP contribution in [0, 0.1) is 0 Å². The molecule has 0 aromatic carbocycles. The lowest BCUT2D eigenvalue weighted by atomic mass is 10.3. The van der Waals surface area contributed by atoms with Crippen LogP contribution in [-0.2, 0) is 11.2 Å². The van der Waals surface area contributed by atoms with Crippen molar-refractivity contribution < 1.29 is 9.53 Å². The number of nitrogens with zero attached hydrogens (tertiary/aromatic N) is 3. The first kappa shape index (κ1) is 10.8. The van der Waals surface area contributed by atoms with Gasteiger partial charge >= 0.3 is 6.09 Å². The van der Waals surface area contributed by atoms with Crippen LogP contribution in [0.25, 0.3) is 0 Å². The lowest BCUT2D eigenvalue weighted by Crippen LogP contribution is -2.28. The van der Waals surface area contributed by atoms with Gasteiger partial charge in [-0.3, -0.25) is 4.90 Å². The third-order valence-electron chi connectivity index (χ3n) is 2.48. The molecular formula is C10H14N4O2. The Morgan fingerprint density at radius 2 is 2.38 bits per heavy atom. The maximum absolute atomic E-state index is 11.5. The third-order valence-corrected chi connectivity index (χ3v) is 2.48. The molecule has 6 heteroatoms. The van der Waals surface area contributed by atoms with Crippen molar-refractivity contribution in [2.45, 2.75) is 19.4 Å². The van der Waals surface area contributed by atoms with E-state index in [1.54, 1.807) is 6.07 Å². The number of hydrogen-bond acceptors (Lipinski definition) is 5. The quantitative estimate of drug-likeness (QED) is 0.796. The van der Waals surface area contributed by atoms with Gasteiger partial charge in [-0.1, -0.05) is 6.92 Å². The van der Waals surface area contributed by atoms with E-state index in [0.717, 1.165) is 12.1 Å². The van der Waals surface area contributed by atoms with E-state index in [4.69, 9.17) is 10.5 Å². The van der Waals surface area contributed by atoms with Gasteiger partial charge in [0.15, 0.2) is 5.82 Å². The van der Waals surface area contributed by atoms with Crippen LogP contribution in [0.2, 0.25) is 0 Å². The highest BCUT2D eigenvalue weighted by Crippen LogP contribution is 2.18. The Bertz CT molecular complexity index is 379. The lowest BCUT2D eigenvalue weighted by molar-refractivity contribution is 0.145. The number of anilines is 1. The van der Waals surface area contributed by atoms with Gasteiger partial charge in [-0.15, -0.1) is 5.10 Å². The number of aryl methyl sites for hydroxylation is 1. The molecule has 16 heavy (non-hydrogen) atoms. The number of carbonyl (C=O) groups is 1. The highest BCUT2D eigenvalue weighted by molar-refractivity contribution is 5.88. The Hall–Kier alpha value is -1.69. The molecule has 1 aromatic heterocycles. The molecule has 0 bridgehead atoms. The minimum absolute atomic E-state index is 0.250. The summed E-state index contributed by atoms with van der Waals surface area (Å²) in [6, 6.07) is 3.62. The Morgan fingerprint density at radius 1 is 1.56 bits per heavy atom. The summed E-state index contributed by atoms with van der Waals surface area (Å²) in [5.41, 5.74) is 6.34. The number of cyclic esters (lactones) is 1. The highest BCUT2D eigenvalue weighted by Gasteiger charge is 2.32. The molecule has 1 atom stereocenters. The Labute approximate surface area is 93.4 Å². The molecular weight excluding hydrogens is 208 g/mol. The molecule has 86 valence electrons. The summed E-state index contributed by atoms with van der Waals surface area (Å²) >= 11 is 0. The van der Waals surface area contributed by atoms with Gasteiger partial charge in [-0.25, -0.2) is 4.79 Å². The first-order valence-corrected chi connectivity index (χ1v) is 5.25. The molecule has 1 saturated heterocycles.